The number of aryl methyl sites for hydroxylation is 1. The van der Waals surface area contributed by atoms with Crippen molar-refractivity contribution in [3.8, 4) is 0 Å². The molecule has 0 atom stereocenters. The molecule has 1 aromatic carbocycles. The Hall–Kier alpha value is -1.86. The fourth-order valence-electron chi connectivity index (χ4n) is 2.14. The normalized spacial score (nSPS) is 12.0. The lowest BCUT2D eigenvalue weighted by molar-refractivity contribution is 0.0950. The first-order valence-electron chi connectivity index (χ1n) is 8.04. The zero-order chi connectivity index (χ0) is 18.7. The molecule has 0 unspecified atom stereocenters. The van der Waals surface area contributed by atoms with Crippen molar-refractivity contribution in [2.45, 2.75) is 39.0 Å². The summed E-state index contributed by atoms with van der Waals surface area (Å²) in [5.74, 6) is -0.358. The Morgan fingerprint density at radius 1 is 1.12 bits per heavy atom. The van der Waals surface area contributed by atoms with Gasteiger partial charge in [0.1, 0.15) is 9.77 Å². The molecule has 2 rings (SSSR count). The maximum Gasteiger partial charge on any atom is 0.263 e. The summed E-state index contributed by atoms with van der Waals surface area (Å²) in [5, 5.41) is 4.42. The molecule has 0 saturated heterocycles. The molecular weight excluding hydrogens is 356 g/mol. The predicted octanol–water partition coefficient (Wildman–Crippen LogP) is 4.02. The summed E-state index contributed by atoms with van der Waals surface area (Å²) in [6, 6.07) is 8.50. The molecule has 0 aliphatic carbocycles. The maximum absolute atomic E-state index is 12.6. The van der Waals surface area contributed by atoms with Crippen LogP contribution in [0.25, 0.3) is 0 Å². The van der Waals surface area contributed by atoms with Crippen molar-refractivity contribution >= 4 is 33.0 Å². The van der Waals surface area contributed by atoms with Gasteiger partial charge in [-0.3, -0.25) is 9.52 Å². The van der Waals surface area contributed by atoms with Crippen LogP contribution < -0.4 is 10.0 Å². The van der Waals surface area contributed by atoms with E-state index < -0.39 is 10.0 Å². The van der Waals surface area contributed by atoms with Gasteiger partial charge in [-0.1, -0.05) is 38.5 Å². The van der Waals surface area contributed by atoms with Crippen molar-refractivity contribution < 1.29 is 13.2 Å². The van der Waals surface area contributed by atoms with Gasteiger partial charge in [0.05, 0.1) is 0 Å². The van der Waals surface area contributed by atoms with Gasteiger partial charge in [0, 0.05) is 12.2 Å². The van der Waals surface area contributed by atoms with Crippen molar-refractivity contribution in [1.29, 1.82) is 0 Å². The average Bonchev–Trinajstić information content (AvgIpc) is 2.98. The number of amides is 1. The highest BCUT2D eigenvalue weighted by Crippen LogP contribution is 2.25. The highest BCUT2D eigenvalue weighted by Gasteiger charge is 2.24. The number of thiophene rings is 1. The van der Waals surface area contributed by atoms with Gasteiger partial charge in [-0.05, 0) is 42.3 Å². The van der Waals surface area contributed by atoms with E-state index in [9.17, 15) is 13.2 Å². The fraction of sp³-hybridized carbons (Fsp3) is 0.389. The number of rotatable bonds is 6. The molecule has 1 heterocycles. The summed E-state index contributed by atoms with van der Waals surface area (Å²) in [4.78, 5) is 12.6. The molecular formula is C18H24N2O3S2. The number of hydrogen-bond donors (Lipinski definition) is 2. The fourth-order valence-corrected chi connectivity index (χ4v) is 4.54. The Labute approximate surface area is 153 Å². The van der Waals surface area contributed by atoms with E-state index in [-0.39, 0.29) is 21.1 Å². The SMILES string of the molecule is Cc1ccc(NS(=O)(=O)c2ccsc2C(=O)NCCC(C)(C)C)cc1. The van der Waals surface area contributed by atoms with Crippen molar-refractivity contribution in [2.75, 3.05) is 11.3 Å². The standard InChI is InChI=1S/C18H24N2O3S2/c1-13-5-7-14(8-6-13)20-25(22,23)15-9-12-24-16(15)17(21)19-11-10-18(2,3)4/h5-9,12,20H,10-11H2,1-4H3,(H,19,21). The third kappa shape index (κ3) is 5.57. The van der Waals surface area contributed by atoms with E-state index in [0.29, 0.717) is 12.2 Å². The van der Waals surface area contributed by atoms with Gasteiger partial charge in [0.15, 0.2) is 0 Å². The van der Waals surface area contributed by atoms with Crippen molar-refractivity contribution in [3.05, 3.63) is 46.2 Å². The molecule has 136 valence electrons. The number of nitrogens with one attached hydrogen (secondary N) is 2. The number of carbonyl (C=O) groups excluding carboxylic acids is 1. The van der Waals surface area contributed by atoms with Crippen molar-refractivity contribution in [1.82, 2.24) is 5.32 Å². The van der Waals surface area contributed by atoms with Gasteiger partial charge in [0.25, 0.3) is 15.9 Å². The topological polar surface area (TPSA) is 75.3 Å². The zero-order valence-electron chi connectivity index (χ0n) is 14.9. The molecule has 0 radical (unpaired) electrons. The third-order valence-electron chi connectivity index (χ3n) is 3.59. The molecule has 0 bridgehead atoms. The highest BCUT2D eigenvalue weighted by atomic mass is 32.2. The third-order valence-corrected chi connectivity index (χ3v) is 6.06. The quantitative estimate of drug-likeness (QED) is 0.795. The van der Waals surface area contributed by atoms with Crippen LogP contribution in [0.2, 0.25) is 0 Å². The second-order valence-corrected chi connectivity index (χ2v) is 9.72. The molecule has 1 amide bonds. The number of anilines is 1. The van der Waals surface area contributed by atoms with Crippen LogP contribution in [0.15, 0.2) is 40.6 Å². The van der Waals surface area contributed by atoms with E-state index in [0.717, 1.165) is 23.3 Å². The first-order valence-corrected chi connectivity index (χ1v) is 10.4. The summed E-state index contributed by atoms with van der Waals surface area (Å²) < 4.78 is 27.8. The summed E-state index contributed by atoms with van der Waals surface area (Å²) in [5.41, 5.74) is 1.61. The van der Waals surface area contributed by atoms with Gasteiger partial charge in [-0.15, -0.1) is 11.3 Å². The number of benzene rings is 1. The highest BCUT2D eigenvalue weighted by molar-refractivity contribution is 7.93. The van der Waals surface area contributed by atoms with E-state index in [1.54, 1.807) is 17.5 Å². The summed E-state index contributed by atoms with van der Waals surface area (Å²) >= 11 is 1.12. The average molecular weight is 381 g/mol. The summed E-state index contributed by atoms with van der Waals surface area (Å²) in [6.07, 6.45) is 0.813. The van der Waals surface area contributed by atoms with Gasteiger partial charge in [0.2, 0.25) is 0 Å². The second kappa shape index (κ2) is 7.58. The van der Waals surface area contributed by atoms with Gasteiger partial charge in [-0.25, -0.2) is 8.42 Å². The molecule has 2 aromatic rings. The maximum atomic E-state index is 12.6. The molecule has 0 aliphatic heterocycles. The Kier molecular flexibility index (Phi) is 5.90. The monoisotopic (exact) mass is 380 g/mol. The number of hydrogen-bond acceptors (Lipinski definition) is 4. The Morgan fingerprint density at radius 2 is 1.76 bits per heavy atom. The summed E-state index contributed by atoms with van der Waals surface area (Å²) in [6.45, 7) is 8.70. The zero-order valence-corrected chi connectivity index (χ0v) is 16.6. The first-order chi connectivity index (χ1) is 11.6. The van der Waals surface area contributed by atoms with Crippen LogP contribution in [0.1, 0.15) is 42.4 Å². The molecule has 1 aromatic heterocycles. The minimum Gasteiger partial charge on any atom is -0.351 e. The minimum absolute atomic E-state index is 0.00586. The lowest BCUT2D eigenvalue weighted by Gasteiger charge is -2.18. The van der Waals surface area contributed by atoms with Crippen molar-refractivity contribution in [3.63, 3.8) is 0 Å². The summed E-state index contributed by atoms with van der Waals surface area (Å²) in [7, 11) is -3.81. The number of sulfonamides is 1. The number of carbonyl (C=O) groups is 1. The van der Waals surface area contributed by atoms with Gasteiger partial charge in [-0.2, -0.15) is 0 Å². The molecule has 25 heavy (non-hydrogen) atoms. The van der Waals surface area contributed by atoms with Crippen LogP contribution in [0, 0.1) is 12.3 Å². The van der Waals surface area contributed by atoms with E-state index in [1.807, 2.05) is 19.1 Å². The molecule has 7 heteroatoms. The minimum atomic E-state index is -3.81. The van der Waals surface area contributed by atoms with E-state index in [4.69, 9.17) is 0 Å². The Morgan fingerprint density at radius 3 is 2.36 bits per heavy atom. The van der Waals surface area contributed by atoms with Crippen molar-refractivity contribution in [2.24, 2.45) is 5.41 Å². The smallest absolute Gasteiger partial charge is 0.263 e. The Balaban J connectivity index is 2.13. The van der Waals surface area contributed by atoms with E-state index >= 15 is 0 Å². The molecule has 5 nitrogen and oxygen atoms in total. The molecule has 0 spiro atoms. The molecule has 0 fully saturated rings. The van der Waals surface area contributed by atoms with Crippen LogP contribution >= 0.6 is 11.3 Å². The first kappa shape index (κ1) is 19.5. The largest absolute Gasteiger partial charge is 0.351 e. The lowest BCUT2D eigenvalue weighted by Crippen LogP contribution is -2.28. The second-order valence-electron chi connectivity index (χ2n) is 7.15. The van der Waals surface area contributed by atoms with Crippen LogP contribution in [0.4, 0.5) is 5.69 Å². The van der Waals surface area contributed by atoms with Crippen LogP contribution in [0.3, 0.4) is 0 Å². The Bertz CT molecular complexity index is 832. The molecule has 0 saturated carbocycles. The predicted molar refractivity (Wildman–Crippen MR) is 103 cm³/mol. The van der Waals surface area contributed by atoms with Crippen LogP contribution in [0.5, 0.6) is 0 Å². The van der Waals surface area contributed by atoms with E-state index in [1.165, 1.54) is 6.07 Å². The van der Waals surface area contributed by atoms with Gasteiger partial charge >= 0.3 is 0 Å². The van der Waals surface area contributed by atoms with E-state index in [2.05, 4.69) is 30.8 Å². The molecule has 2 N–H and O–H groups in total. The van der Waals surface area contributed by atoms with Gasteiger partial charge < -0.3 is 5.32 Å². The van der Waals surface area contributed by atoms with Crippen LogP contribution in [-0.2, 0) is 10.0 Å². The van der Waals surface area contributed by atoms with Crippen LogP contribution in [-0.4, -0.2) is 20.9 Å². The lowest BCUT2D eigenvalue weighted by atomic mass is 9.92. The molecule has 0 aliphatic rings.